The van der Waals surface area contributed by atoms with Gasteiger partial charge in [0.15, 0.2) is 11.5 Å². The normalized spacial score (nSPS) is 13.3. The van der Waals surface area contributed by atoms with E-state index in [9.17, 15) is 13.2 Å². The second-order valence-corrected chi connectivity index (χ2v) is 7.19. The first-order valence-electron chi connectivity index (χ1n) is 7.61. The van der Waals surface area contributed by atoms with Gasteiger partial charge in [-0.25, -0.2) is 8.42 Å². The third-order valence-electron chi connectivity index (χ3n) is 3.45. The maximum absolute atomic E-state index is 12.3. The molecule has 0 saturated heterocycles. The number of carbonyl (C=O) groups excluding carboxylic acids is 1. The van der Waals surface area contributed by atoms with E-state index in [1.165, 1.54) is 18.2 Å². The molecule has 0 bridgehead atoms. The van der Waals surface area contributed by atoms with Crippen molar-refractivity contribution >= 4 is 16.0 Å². The SMILES string of the molecule is Cc1cccc(OC(=O)CNS(=O)(=O)c2ccc3c(c2)OCCO3)c1. The Morgan fingerprint density at radius 1 is 1.12 bits per heavy atom. The van der Waals surface area contributed by atoms with E-state index >= 15 is 0 Å². The molecule has 0 fully saturated rings. The van der Waals surface area contributed by atoms with E-state index in [1.807, 2.05) is 13.0 Å². The lowest BCUT2D eigenvalue weighted by Gasteiger charge is -2.18. The Labute approximate surface area is 145 Å². The Hall–Kier alpha value is -2.58. The van der Waals surface area contributed by atoms with Gasteiger partial charge in [-0.05, 0) is 36.8 Å². The first-order chi connectivity index (χ1) is 11.9. The summed E-state index contributed by atoms with van der Waals surface area (Å²) < 4.78 is 42.7. The number of carbonyl (C=O) groups is 1. The molecule has 1 aliphatic rings. The number of rotatable bonds is 5. The van der Waals surface area contributed by atoms with Crippen molar-refractivity contribution in [3.63, 3.8) is 0 Å². The highest BCUT2D eigenvalue weighted by atomic mass is 32.2. The van der Waals surface area contributed by atoms with E-state index in [1.54, 1.807) is 18.2 Å². The third-order valence-corrected chi connectivity index (χ3v) is 4.85. The van der Waals surface area contributed by atoms with Crippen LogP contribution < -0.4 is 18.9 Å². The van der Waals surface area contributed by atoms with Gasteiger partial charge in [0, 0.05) is 6.07 Å². The summed E-state index contributed by atoms with van der Waals surface area (Å²) in [5.41, 5.74) is 0.933. The molecule has 0 aliphatic carbocycles. The number of benzene rings is 2. The molecule has 0 aromatic heterocycles. The van der Waals surface area contributed by atoms with Gasteiger partial charge in [-0.1, -0.05) is 12.1 Å². The van der Waals surface area contributed by atoms with Gasteiger partial charge in [0.05, 0.1) is 4.90 Å². The molecule has 1 heterocycles. The van der Waals surface area contributed by atoms with Gasteiger partial charge < -0.3 is 14.2 Å². The minimum absolute atomic E-state index is 0.0138. The van der Waals surface area contributed by atoms with Gasteiger partial charge in [-0.3, -0.25) is 4.79 Å². The Bertz CT molecular complexity index is 894. The van der Waals surface area contributed by atoms with Crippen LogP contribution in [0.5, 0.6) is 17.2 Å². The third kappa shape index (κ3) is 4.28. The molecule has 0 radical (unpaired) electrons. The average molecular weight is 363 g/mol. The maximum atomic E-state index is 12.3. The number of nitrogens with one attached hydrogen (secondary N) is 1. The van der Waals surface area contributed by atoms with Crippen molar-refractivity contribution in [3.05, 3.63) is 48.0 Å². The van der Waals surface area contributed by atoms with Crippen molar-refractivity contribution < 1.29 is 27.4 Å². The van der Waals surface area contributed by atoms with Crippen LogP contribution in [0.3, 0.4) is 0 Å². The van der Waals surface area contributed by atoms with Crippen LogP contribution in [0.2, 0.25) is 0 Å². The summed E-state index contributed by atoms with van der Waals surface area (Å²) >= 11 is 0. The zero-order valence-electron chi connectivity index (χ0n) is 13.5. The van der Waals surface area contributed by atoms with E-state index in [0.29, 0.717) is 30.5 Å². The number of aryl methyl sites for hydroxylation is 1. The second-order valence-electron chi connectivity index (χ2n) is 5.42. The van der Waals surface area contributed by atoms with Gasteiger partial charge in [0.25, 0.3) is 0 Å². The fourth-order valence-corrected chi connectivity index (χ4v) is 3.26. The van der Waals surface area contributed by atoms with Crippen LogP contribution in [0.1, 0.15) is 5.56 Å². The monoisotopic (exact) mass is 363 g/mol. The fraction of sp³-hybridized carbons (Fsp3) is 0.235. The summed E-state index contributed by atoms with van der Waals surface area (Å²) in [5, 5.41) is 0. The molecule has 0 atom stereocenters. The zero-order valence-corrected chi connectivity index (χ0v) is 14.3. The van der Waals surface area contributed by atoms with E-state index in [-0.39, 0.29) is 4.90 Å². The van der Waals surface area contributed by atoms with Gasteiger partial charge in [0.1, 0.15) is 25.5 Å². The van der Waals surface area contributed by atoms with Crippen molar-refractivity contribution in [2.75, 3.05) is 19.8 Å². The van der Waals surface area contributed by atoms with E-state index < -0.39 is 22.5 Å². The molecule has 1 aliphatic heterocycles. The minimum Gasteiger partial charge on any atom is -0.486 e. The van der Waals surface area contributed by atoms with Crippen LogP contribution in [0.25, 0.3) is 0 Å². The Morgan fingerprint density at radius 3 is 2.64 bits per heavy atom. The van der Waals surface area contributed by atoms with Gasteiger partial charge in [-0.2, -0.15) is 4.72 Å². The molecular formula is C17H17NO6S. The number of hydrogen-bond acceptors (Lipinski definition) is 6. The molecule has 0 saturated carbocycles. The lowest BCUT2D eigenvalue weighted by atomic mass is 10.2. The van der Waals surface area contributed by atoms with E-state index in [2.05, 4.69) is 4.72 Å². The first kappa shape index (κ1) is 17.2. The minimum atomic E-state index is -3.88. The first-order valence-corrected chi connectivity index (χ1v) is 9.09. The smallest absolute Gasteiger partial charge is 0.326 e. The Balaban J connectivity index is 1.64. The molecular weight excluding hydrogens is 346 g/mol. The summed E-state index contributed by atoms with van der Waals surface area (Å²) in [6.45, 7) is 2.15. The number of esters is 1. The average Bonchev–Trinajstić information content (AvgIpc) is 2.60. The molecule has 1 N–H and O–H groups in total. The van der Waals surface area contributed by atoms with Gasteiger partial charge >= 0.3 is 5.97 Å². The quantitative estimate of drug-likeness (QED) is 0.642. The molecule has 8 heteroatoms. The molecule has 0 amide bonds. The summed E-state index contributed by atoms with van der Waals surface area (Å²) in [5.74, 6) is 0.510. The molecule has 3 rings (SSSR count). The predicted octanol–water partition coefficient (Wildman–Crippen LogP) is 1.65. The summed E-state index contributed by atoms with van der Waals surface area (Å²) in [7, 11) is -3.88. The van der Waals surface area contributed by atoms with E-state index in [0.717, 1.165) is 5.56 Å². The standard InChI is InChI=1S/C17H17NO6S/c1-12-3-2-4-13(9-12)24-17(19)11-18-25(20,21)14-5-6-15-16(10-14)23-8-7-22-15/h2-6,9-10,18H,7-8,11H2,1H3. The molecule has 132 valence electrons. The highest BCUT2D eigenvalue weighted by molar-refractivity contribution is 7.89. The summed E-state index contributed by atoms with van der Waals surface area (Å²) in [6, 6.07) is 11.2. The topological polar surface area (TPSA) is 90.9 Å². The number of hydrogen-bond donors (Lipinski definition) is 1. The molecule has 25 heavy (non-hydrogen) atoms. The van der Waals surface area contributed by atoms with Crippen LogP contribution in [0.4, 0.5) is 0 Å². The van der Waals surface area contributed by atoms with Crippen LogP contribution in [0, 0.1) is 6.92 Å². The van der Waals surface area contributed by atoms with Crippen molar-refractivity contribution in [2.45, 2.75) is 11.8 Å². The number of sulfonamides is 1. The Morgan fingerprint density at radius 2 is 1.88 bits per heavy atom. The highest BCUT2D eigenvalue weighted by Gasteiger charge is 2.20. The van der Waals surface area contributed by atoms with Gasteiger partial charge in [-0.15, -0.1) is 0 Å². The molecule has 2 aromatic carbocycles. The zero-order chi connectivity index (χ0) is 17.9. The molecule has 0 unspecified atom stereocenters. The molecule has 7 nitrogen and oxygen atoms in total. The highest BCUT2D eigenvalue weighted by Crippen LogP contribution is 2.32. The van der Waals surface area contributed by atoms with Crippen LogP contribution in [-0.2, 0) is 14.8 Å². The number of ether oxygens (including phenoxy) is 3. The summed E-state index contributed by atoms with van der Waals surface area (Å²) in [4.78, 5) is 11.8. The lowest BCUT2D eigenvalue weighted by molar-refractivity contribution is -0.133. The fourth-order valence-electron chi connectivity index (χ4n) is 2.27. The lowest BCUT2D eigenvalue weighted by Crippen LogP contribution is -2.32. The van der Waals surface area contributed by atoms with E-state index in [4.69, 9.17) is 14.2 Å². The predicted molar refractivity (Wildman–Crippen MR) is 89.4 cm³/mol. The van der Waals surface area contributed by atoms with Crippen LogP contribution in [-0.4, -0.2) is 34.1 Å². The largest absolute Gasteiger partial charge is 0.486 e. The maximum Gasteiger partial charge on any atom is 0.326 e. The van der Waals surface area contributed by atoms with Crippen LogP contribution >= 0.6 is 0 Å². The van der Waals surface area contributed by atoms with Crippen molar-refractivity contribution in [3.8, 4) is 17.2 Å². The molecule has 0 spiro atoms. The summed E-state index contributed by atoms with van der Waals surface area (Å²) in [6.07, 6.45) is 0. The van der Waals surface area contributed by atoms with Crippen molar-refractivity contribution in [1.82, 2.24) is 4.72 Å². The van der Waals surface area contributed by atoms with Gasteiger partial charge in [0.2, 0.25) is 10.0 Å². The molecule has 2 aromatic rings. The van der Waals surface area contributed by atoms with Crippen LogP contribution in [0.15, 0.2) is 47.4 Å². The Kier molecular flexibility index (Phi) is 4.91. The van der Waals surface area contributed by atoms with Crippen molar-refractivity contribution in [2.24, 2.45) is 0 Å². The van der Waals surface area contributed by atoms with Crippen molar-refractivity contribution in [1.29, 1.82) is 0 Å². The number of fused-ring (bicyclic) bond motifs is 1. The second kappa shape index (κ2) is 7.12.